The average molecular weight is 389 g/mol. The molecule has 1 aliphatic carbocycles. The first-order valence-electron chi connectivity index (χ1n) is 10.7. The smallest absolute Gasteiger partial charge is 0.231 e. The molecule has 0 aromatic heterocycles. The van der Waals surface area contributed by atoms with Crippen molar-refractivity contribution in [2.24, 2.45) is 5.92 Å². The highest BCUT2D eigenvalue weighted by atomic mass is 16.7. The Kier molecular flexibility index (Phi) is 3.23. The van der Waals surface area contributed by atoms with Gasteiger partial charge in [0.15, 0.2) is 23.0 Å². The van der Waals surface area contributed by atoms with Gasteiger partial charge in [-0.3, -0.25) is 0 Å². The van der Waals surface area contributed by atoms with Gasteiger partial charge in [0.25, 0.3) is 0 Å². The fraction of sp³-hybridized carbons (Fsp3) is 0.417. The minimum absolute atomic E-state index is 0.317. The third kappa shape index (κ3) is 2.27. The summed E-state index contributed by atoms with van der Waals surface area (Å²) in [6, 6.07) is 9.17. The van der Waals surface area contributed by atoms with E-state index in [9.17, 15) is 0 Å². The maximum atomic E-state index is 5.73. The molecule has 0 radical (unpaired) electrons. The first-order valence-corrected chi connectivity index (χ1v) is 10.7. The summed E-state index contributed by atoms with van der Waals surface area (Å²) in [5.74, 6) is 4.18. The van der Waals surface area contributed by atoms with Gasteiger partial charge in [0.2, 0.25) is 13.6 Å². The Labute approximate surface area is 169 Å². The number of hydrogen-bond donors (Lipinski definition) is 0. The SMILES string of the molecule is C1=C2c3cc4c(cc3CCN2C(C2CCCC2)c2cc3c(cc21)OCO3)OCO4. The molecule has 4 heterocycles. The molecule has 0 saturated heterocycles. The average Bonchev–Trinajstić information content (AvgIpc) is 3.50. The van der Waals surface area contributed by atoms with Crippen LogP contribution in [-0.4, -0.2) is 25.0 Å². The van der Waals surface area contributed by atoms with Crippen molar-refractivity contribution in [3.05, 3.63) is 46.5 Å². The quantitative estimate of drug-likeness (QED) is 0.704. The number of hydrogen-bond acceptors (Lipinski definition) is 5. The molecule has 1 atom stereocenters. The van der Waals surface area contributed by atoms with Crippen molar-refractivity contribution in [2.45, 2.75) is 38.1 Å². The van der Waals surface area contributed by atoms with E-state index in [1.165, 1.54) is 53.6 Å². The van der Waals surface area contributed by atoms with Gasteiger partial charge in [-0.05, 0) is 72.2 Å². The molecule has 29 heavy (non-hydrogen) atoms. The normalized spacial score (nSPS) is 23.5. The van der Waals surface area contributed by atoms with Gasteiger partial charge < -0.3 is 23.8 Å². The third-order valence-electron chi connectivity index (χ3n) is 7.18. The van der Waals surface area contributed by atoms with Crippen molar-refractivity contribution in [1.29, 1.82) is 0 Å². The predicted molar refractivity (Wildman–Crippen MR) is 108 cm³/mol. The summed E-state index contributed by atoms with van der Waals surface area (Å²) in [6.45, 7) is 1.67. The van der Waals surface area contributed by atoms with E-state index in [4.69, 9.17) is 18.9 Å². The van der Waals surface area contributed by atoms with E-state index < -0.39 is 0 Å². The molecule has 2 aromatic rings. The Morgan fingerprint density at radius 2 is 1.48 bits per heavy atom. The van der Waals surface area contributed by atoms with Crippen LogP contribution < -0.4 is 18.9 Å². The zero-order chi connectivity index (χ0) is 18.9. The van der Waals surface area contributed by atoms with Crippen molar-refractivity contribution in [2.75, 3.05) is 20.1 Å². The van der Waals surface area contributed by atoms with Gasteiger partial charge in [-0.2, -0.15) is 0 Å². The minimum Gasteiger partial charge on any atom is -0.454 e. The van der Waals surface area contributed by atoms with Gasteiger partial charge in [-0.15, -0.1) is 0 Å². The Morgan fingerprint density at radius 1 is 0.793 bits per heavy atom. The molecule has 0 amide bonds. The monoisotopic (exact) mass is 389 g/mol. The standard InChI is InChI=1S/C24H23NO4/c1-2-4-14(3-1)24-18-11-23-21(27-13-29-23)9-16(18)7-19-17-10-22-20(26-12-28-22)8-15(17)5-6-25(19)24/h7-11,14,24H,1-6,12-13H2. The van der Waals surface area contributed by atoms with Gasteiger partial charge in [-0.25, -0.2) is 0 Å². The number of fused-ring (bicyclic) bond motifs is 6. The van der Waals surface area contributed by atoms with Crippen molar-refractivity contribution < 1.29 is 18.9 Å². The van der Waals surface area contributed by atoms with E-state index in [0.29, 0.717) is 25.5 Å². The molecule has 0 N–H and O–H groups in total. The van der Waals surface area contributed by atoms with E-state index >= 15 is 0 Å². The molecule has 2 aromatic carbocycles. The lowest BCUT2D eigenvalue weighted by Crippen LogP contribution is -2.38. The van der Waals surface area contributed by atoms with E-state index in [0.717, 1.165) is 36.0 Å². The molecule has 0 spiro atoms. The molecule has 7 rings (SSSR count). The maximum absolute atomic E-state index is 5.73. The molecule has 1 saturated carbocycles. The first-order chi connectivity index (χ1) is 14.3. The Hall–Kier alpha value is -2.82. The fourth-order valence-corrected chi connectivity index (χ4v) is 5.85. The number of rotatable bonds is 1. The van der Waals surface area contributed by atoms with Crippen LogP contribution in [0.15, 0.2) is 24.3 Å². The summed E-state index contributed by atoms with van der Waals surface area (Å²) in [6.07, 6.45) is 8.65. The van der Waals surface area contributed by atoms with Crippen molar-refractivity contribution in [3.63, 3.8) is 0 Å². The highest BCUT2D eigenvalue weighted by Gasteiger charge is 2.40. The van der Waals surface area contributed by atoms with E-state index in [2.05, 4.69) is 35.2 Å². The summed E-state index contributed by atoms with van der Waals surface area (Å²) in [4.78, 5) is 2.64. The van der Waals surface area contributed by atoms with Crippen LogP contribution in [0.2, 0.25) is 0 Å². The van der Waals surface area contributed by atoms with Crippen LogP contribution in [0.4, 0.5) is 0 Å². The molecule has 1 fully saturated rings. The number of benzene rings is 2. The highest BCUT2D eigenvalue weighted by Crippen LogP contribution is 2.52. The maximum Gasteiger partial charge on any atom is 0.231 e. The second-order valence-electron chi connectivity index (χ2n) is 8.66. The van der Waals surface area contributed by atoms with E-state index in [1.54, 1.807) is 0 Å². The molecular formula is C24H23NO4. The van der Waals surface area contributed by atoms with Gasteiger partial charge in [0.05, 0.1) is 6.04 Å². The molecule has 4 aliphatic heterocycles. The summed E-state index contributed by atoms with van der Waals surface area (Å²) in [7, 11) is 0. The summed E-state index contributed by atoms with van der Waals surface area (Å²) in [5, 5.41) is 0. The molecule has 5 aliphatic rings. The number of nitrogens with zero attached hydrogens (tertiary/aromatic N) is 1. The van der Waals surface area contributed by atoms with E-state index in [-0.39, 0.29) is 0 Å². The molecule has 0 bridgehead atoms. The van der Waals surface area contributed by atoms with Crippen LogP contribution in [0.25, 0.3) is 11.8 Å². The largest absolute Gasteiger partial charge is 0.454 e. The van der Waals surface area contributed by atoms with Crippen molar-refractivity contribution in [1.82, 2.24) is 4.90 Å². The Balaban J connectivity index is 1.43. The zero-order valence-electron chi connectivity index (χ0n) is 16.3. The summed E-state index contributed by atoms with van der Waals surface area (Å²) < 4.78 is 22.7. The van der Waals surface area contributed by atoms with Crippen LogP contribution in [0.1, 0.15) is 54.0 Å². The lowest BCUT2D eigenvalue weighted by Gasteiger charge is -2.45. The number of ether oxygens (including phenoxy) is 4. The van der Waals surface area contributed by atoms with Crippen LogP contribution in [0, 0.1) is 5.92 Å². The van der Waals surface area contributed by atoms with Crippen LogP contribution >= 0.6 is 0 Å². The second kappa shape index (κ2) is 5.85. The van der Waals surface area contributed by atoms with Crippen LogP contribution in [0.5, 0.6) is 23.0 Å². The van der Waals surface area contributed by atoms with E-state index in [1.807, 2.05) is 0 Å². The third-order valence-corrected chi connectivity index (χ3v) is 7.18. The fourth-order valence-electron chi connectivity index (χ4n) is 5.85. The topological polar surface area (TPSA) is 40.2 Å². The molecule has 1 unspecified atom stereocenters. The molecule has 5 nitrogen and oxygen atoms in total. The molecule has 148 valence electrons. The first kappa shape index (κ1) is 16.0. The van der Waals surface area contributed by atoms with Gasteiger partial charge >= 0.3 is 0 Å². The second-order valence-corrected chi connectivity index (χ2v) is 8.66. The van der Waals surface area contributed by atoms with Crippen LogP contribution in [-0.2, 0) is 6.42 Å². The van der Waals surface area contributed by atoms with Crippen molar-refractivity contribution in [3.8, 4) is 23.0 Å². The highest BCUT2D eigenvalue weighted by molar-refractivity contribution is 5.87. The van der Waals surface area contributed by atoms with Gasteiger partial charge in [-0.1, -0.05) is 12.8 Å². The molecular weight excluding hydrogens is 366 g/mol. The lowest BCUT2D eigenvalue weighted by molar-refractivity contribution is 0.173. The van der Waals surface area contributed by atoms with Gasteiger partial charge in [0, 0.05) is 17.8 Å². The Bertz CT molecular complexity index is 1050. The van der Waals surface area contributed by atoms with Crippen molar-refractivity contribution >= 4 is 11.8 Å². The summed E-state index contributed by atoms with van der Waals surface area (Å²) in [5.41, 5.74) is 6.61. The summed E-state index contributed by atoms with van der Waals surface area (Å²) >= 11 is 0. The van der Waals surface area contributed by atoms with Crippen LogP contribution in [0.3, 0.4) is 0 Å². The predicted octanol–water partition coefficient (Wildman–Crippen LogP) is 4.75. The Morgan fingerprint density at radius 3 is 2.28 bits per heavy atom. The van der Waals surface area contributed by atoms with Gasteiger partial charge in [0.1, 0.15) is 0 Å². The molecule has 5 heteroatoms. The minimum atomic E-state index is 0.317. The lowest BCUT2D eigenvalue weighted by atomic mass is 9.81. The zero-order valence-corrected chi connectivity index (χ0v) is 16.3.